The monoisotopic (exact) mass is 473 g/mol. The molecule has 178 valence electrons. The standard InChI is InChI=1S/C20H27NO10S/c1-8-9-4-2-3-5-12(9)32-21(8)19-16(27)15(26)18(11(7-23)29-19)31-20-17(28)14(25)13(24)10(6-22)30-20/h2-5,10-11,13-20,22-28H,1,6-7H2. The lowest BCUT2D eigenvalue weighted by molar-refractivity contribution is -0.345. The first kappa shape index (κ1) is 23.9. The lowest BCUT2D eigenvalue weighted by Gasteiger charge is -2.47. The molecule has 7 N–H and O–H groups in total. The van der Waals surface area contributed by atoms with Crippen LogP contribution >= 0.6 is 11.9 Å². The highest BCUT2D eigenvalue weighted by Gasteiger charge is 2.52. The van der Waals surface area contributed by atoms with Crippen molar-refractivity contribution in [2.24, 2.45) is 0 Å². The average molecular weight is 474 g/mol. The molecular formula is C20H27NO10S. The van der Waals surface area contributed by atoms with E-state index in [-0.39, 0.29) is 0 Å². The quantitative estimate of drug-likeness (QED) is 0.227. The number of hydrogen-bond donors (Lipinski definition) is 7. The van der Waals surface area contributed by atoms with Crippen LogP contribution in [0.2, 0.25) is 0 Å². The lowest BCUT2D eigenvalue weighted by atomic mass is 9.96. The van der Waals surface area contributed by atoms with Crippen molar-refractivity contribution in [1.29, 1.82) is 0 Å². The summed E-state index contributed by atoms with van der Waals surface area (Å²) in [5.41, 5.74) is 1.41. The van der Waals surface area contributed by atoms with E-state index in [1.165, 1.54) is 11.9 Å². The first-order valence-corrected chi connectivity index (χ1v) is 10.9. The van der Waals surface area contributed by atoms with Gasteiger partial charge in [0.05, 0.1) is 18.9 Å². The summed E-state index contributed by atoms with van der Waals surface area (Å²) in [5, 5.41) is 70.9. The number of rotatable bonds is 5. The van der Waals surface area contributed by atoms with E-state index in [0.717, 1.165) is 10.5 Å². The Hall–Kier alpha value is -1.29. The minimum absolute atomic E-state index is 0.562. The van der Waals surface area contributed by atoms with Gasteiger partial charge in [0.25, 0.3) is 0 Å². The molecule has 11 nitrogen and oxygen atoms in total. The van der Waals surface area contributed by atoms with Crippen LogP contribution in [0.3, 0.4) is 0 Å². The Morgan fingerprint density at radius 1 is 0.875 bits per heavy atom. The highest BCUT2D eigenvalue weighted by molar-refractivity contribution is 7.97. The molecule has 0 aromatic heterocycles. The number of ether oxygens (including phenoxy) is 3. The molecule has 10 atom stereocenters. The van der Waals surface area contributed by atoms with E-state index in [0.29, 0.717) is 5.70 Å². The third-order valence-corrected chi connectivity index (χ3v) is 7.05. The average Bonchev–Trinajstić information content (AvgIpc) is 3.13. The highest BCUT2D eigenvalue weighted by Crippen LogP contribution is 2.46. The van der Waals surface area contributed by atoms with Gasteiger partial charge in [0.15, 0.2) is 12.5 Å². The van der Waals surface area contributed by atoms with Gasteiger partial charge in [-0.25, -0.2) is 0 Å². The van der Waals surface area contributed by atoms with Crippen LogP contribution in [0.5, 0.6) is 0 Å². The topological polar surface area (TPSA) is 173 Å². The molecule has 10 unspecified atom stereocenters. The Morgan fingerprint density at radius 3 is 2.22 bits per heavy atom. The molecule has 3 aliphatic heterocycles. The Bertz CT molecular complexity index is 825. The van der Waals surface area contributed by atoms with Crippen molar-refractivity contribution < 1.29 is 50.0 Å². The SMILES string of the molecule is C=C1c2ccccc2SN1C1OC(CO)C(OC2OC(CO)C(O)C(O)C2O)C(O)C1O. The Kier molecular flexibility index (Phi) is 7.10. The van der Waals surface area contributed by atoms with Crippen LogP contribution in [0.25, 0.3) is 5.70 Å². The largest absolute Gasteiger partial charge is 0.394 e. The van der Waals surface area contributed by atoms with Gasteiger partial charge in [0.1, 0.15) is 48.8 Å². The summed E-state index contributed by atoms with van der Waals surface area (Å²) in [6.45, 7) is 2.78. The molecule has 3 heterocycles. The van der Waals surface area contributed by atoms with E-state index in [1.807, 2.05) is 24.3 Å². The summed E-state index contributed by atoms with van der Waals surface area (Å²) in [5.74, 6) is 0. The summed E-state index contributed by atoms with van der Waals surface area (Å²) >= 11 is 1.27. The van der Waals surface area contributed by atoms with Crippen LogP contribution in [-0.4, -0.2) is 115 Å². The second kappa shape index (κ2) is 9.52. The second-order valence-corrected chi connectivity index (χ2v) is 8.90. The van der Waals surface area contributed by atoms with Crippen LogP contribution in [0.1, 0.15) is 5.56 Å². The summed E-state index contributed by atoms with van der Waals surface area (Å²) in [6, 6.07) is 7.45. The lowest BCUT2D eigenvalue weighted by Crippen LogP contribution is -2.65. The number of aliphatic hydroxyl groups is 7. The zero-order chi connectivity index (χ0) is 23.2. The predicted octanol–water partition coefficient (Wildman–Crippen LogP) is -2.40. The zero-order valence-electron chi connectivity index (χ0n) is 16.9. The molecule has 0 spiro atoms. The molecule has 2 saturated heterocycles. The van der Waals surface area contributed by atoms with Gasteiger partial charge >= 0.3 is 0 Å². The Morgan fingerprint density at radius 2 is 1.56 bits per heavy atom. The van der Waals surface area contributed by atoms with Crippen LogP contribution in [-0.2, 0) is 14.2 Å². The summed E-state index contributed by atoms with van der Waals surface area (Å²) in [6.07, 6.45) is -14.4. The molecule has 0 radical (unpaired) electrons. The van der Waals surface area contributed by atoms with Crippen molar-refractivity contribution in [3.8, 4) is 0 Å². The number of hydrogen-bond acceptors (Lipinski definition) is 12. The number of nitrogens with zero attached hydrogens (tertiary/aromatic N) is 1. The molecule has 3 aliphatic rings. The van der Waals surface area contributed by atoms with Gasteiger partial charge in [-0.05, 0) is 18.0 Å². The fraction of sp³-hybridized carbons (Fsp3) is 0.600. The van der Waals surface area contributed by atoms with E-state index < -0.39 is 74.6 Å². The molecule has 1 aromatic carbocycles. The van der Waals surface area contributed by atoms with Gasteiger partial charge < -0.3 is 50.0 Å². The van der Waals surface area contributed by atoms with Crippen LogP contribution in [0.15, 0.2) is 35.7 Å². The second-order valence-electron chi connectivity index (χ2n) is 7.89. The Balaban J connectivity index is 1.50. The van der Waals surface area contributed by atoms with Crippen molar-refractivity contribution in [3.63, 3.8) is 0 Å². The van der Waals surface area contributed by atoms with Gasteiger partial charge in [0, 0.05) is 10.5 Å². The molecule has 0 bridgehead atoms. The molecule has 1 aromatic rings. The smallest absolute Gasteiger partial charge is 0.187 e. The molecule has 4 rings (SSSR count). The molecule has 12 heteroatoms. The fourth-order valence-electron chi connectivity index (χ4n) is 4.03. The first-order valence-electron chi connectivity index (χ1n) is 10.1. The summed E-state index contributed by atoms with van der Waals surface area (Å²) < 4.78 is 18.3. The highest BCUT2D eigenvalue weighted by atomic mass is 32.2. The molecule has 32 heavy (non-hydrogen) atoms. The van der Waals surface area contributed by atoms with E-state index in [1.54, 1.807) is 4.31 Å². The third-order valence-electron chi connectivity index (χ3n) is 5.87. The summed E-state index contributed by atoms with van der Waals surface area (Å²) in [4.78, 5) is 0.892. The normalized spacial score (nSPS) is 42.2. The van der Waals surface area contributed by atoms with Gasteiger partial charge in [-0.1, -0.05) is 24.8 Å². The number of aliphatic hydroxyl groups excluding tert-OH is 7. The van der Waals surface area contributed by atoms with Crippen LogP contribution in [0.4, 0.5) is 0 Å². The third kappa shape index (κ3) is 4.06. The van der Waals surface area contributed by atoms with E-state index in [9.17, 15) is 35.7 Å². The van der Waals surface area contributed by atoms with Crippen LogP contribution < -0.4 is 0 Å². The predicted molar refractivity (Wildman–Crippen MR) is 110 cm³/mol. The maximum absolute atomic E-state index is 10.8. The number of fused-ring (bicyclic) bond motifs is 1. The van der Waals surface area contributed by atoms with Crippen molar-refractivity contribution in [1.82, 2.24) is 4.31 Å². The molecule has 2 fully saturated rings. The fourth-order valence-corrected chi connectivity index (χ4v) is 5.16. The first-order chi connectivity index (χ1) is 15.3. The Labute approximate surface area is 188 Å². The molecule has 0 amide bonds. The van der Waals surface area contributed by atoms with Gasteiger partial charge in [-0.3, -0.25) is 4.31 Å². The summed E-state index contributed by atoms with van der Waals surface area (Å²) in [7, 11) is 0. The number of benzene rings is 1. The van der Waals surface area contributed by atoms with Crippen molar-refractivity contribution in [2.75, 3.05) is 13.2 Å². The van der Waals surface area contributed by atoms with Crippen molar-refractivity contribution in [3.05, 3.63) is 36.4 Å². The van der Waals surface area contributed by atoms with Crippen molar-refractivity contribution in [2.45, 2.75) is 66.2 Å². The van der Waals surface area contributed by atoms with Gasteiger partial charge in [-0.15, -0.1) is 0 Å². The zero-order valence-corrected chi connectivity index (χ0v) is 17.7. The molecule has 0 saturated carbocycles. The maximum atomic E-state index is 10.8. The van der Waals surface area contributed by atoms with E-state index >= 15 is 0 Å². The minimum atomic E-state index is -1.71. The minimum Gasteiger partial charge on any atom is -0.394 e. The molecular weight excluding hydrogens is 446 g/mol. The van der Waals surface area contributed by atoms with Crippen LogP contribution in [0, 0.1) is 0 Å². The van der Waals surface area contributed by atoms with Crippen molar-refractivity contribution >= 4 is 17.6 Å². The van der Waals surface area contributed by atoms with Gasteiger partial charge in [-0.2, -0.15) is 0 Å². The maximum Gasteiger partial charge on any atom is 0.187 e. The van der Waals surface area contributed by atoms with E-state index in [4.69, 9.17) is 14.2 Å². The molecule has 0 aliphatic carbocycles. The van der Waals surface area contributed by atoms with Gasteiger partial charge in [0.2, 0.25) is 0 Å². The van der Waals surface area contributed by atoms with E-state index in [2.05, 4.69) is 6.58 Å².